The van der Waals surface area contributed by atoms with Crippen LogP contribution in [0, 0.1) is 6.07 Å². The predicted octanol–water partition coefficient (Wildman–Crippen LogP) is 0.706. The van der Waals surface area contributed by atoms with E-state index in [0.29, 0.717) is 5.82 Å². The summed E-state index contributed by atoms with van der Waals surface area (Å²) in [5, 5.41) is 2.68. The molecule has 1 aromatic heterocycles. The third kappa shape index (κ3) is 6.39. The molecular formula is C13H16N3O2Y-. The van der Waals surface area contributed by atoms with Gasteiger partial charge in [0, 0.05) is 64.2 Å². The molecule has 19 heavy (non-hydrogen) atoms. The maximum absolute atomic E-state index is 11.6. The summed E-state index contributed by atoms with van der Waals surface area (Å²) in [5.74, 6) is 0.372. The number of amides is 1. The van der Waals surface area contributed by atoms with Crippen LogP contribution in [-0.4, -0.2) is 48.6 Å². The fourth-order valence-corrected chi connectivity index (χ4v) is 1.65. The summed E-state index contributed by atoms with van der Waals surface area (Å²) >= 11 is 0. The van der Waals surface area contributed by atoms with Crippen molar-refractivity contribution in [3.05, 3.63) is 36.5 Å². The Bertz CT molecular complexity index is 406. The summed E-state index contributed by atoms with van der Waals surface area (Å²) in [6, 6.07) is 6.20. The zero-order valence-corrected chi connectivity index (χ0v) is 13.5. The Morgan fingerprint density at radius 3 is 3.00 bits per heavy atom. The van der Waals surface area contributed by atoms with Crippen LogP contribution >= 0.6 is 0 Å². The number of carbonyl (C=O) groups is 1. The third-order valence-corrected chi connectivity index (χ3v) is 2.60. The molecule has 1 aliphatic rings. The average Bonchev–Trinajstić information content (AvgIpc) is 2.41. The number of ether oxygens (including phenoxy) is 1. The van der Waals surface area contributed by atoms with Crippen LogP contribution in [0.15, 0.2) is 30.5 Å². The Balaban J connectivity index is 0.00000180. The molecule has 0 aliphatic carbocycles. The maximum atomic E-state index is 11.6. The Morgan fingerprint density at radius 1 is 1.53 bits per heavy atom. The summed E-state index contributed by atoms with van der Waals surface area (Å²) < 4.78 is 5.25. The van der Waals surface area contributed by atoms with Crippen LogP contribution in [0.3, 0.4) is 0 Å². The summed E-state index contributed by atoms with van der Waals surface area (Å²) in [5.41, 5.74) is 0. The van der Waals surface area contributed by atoms with E-state index in [4.69, 9.17) is 4.74 Å². The van der Waals surface area contributed by atoms with Crippen molar-refractivity contribution in [2.45, 2.75) is 0 Å². The zero-order chi connectivity index (χ0) is 12.6. The van der Waals surface area contributed by atoms with Crippen molar-refractivity contribution in [2.75, 3.05) is 38.2 Å². The number of rotatable bonds is 4. The molecule has 1 N–H and O–H groups in total. The van der Waals surface area contributed by atoms with Gasteiger partial charge in [0.1, 0.15) is 0 Å². The second-order valence-electron chi connectivity index (χ2n) is 3.95. The maximum Gasteiger partial charge on any atom is 0.248 e. The van der Waals surface area contributed by atoms with Gasteiger partial charge in [0.25, 0.3) is 0 Å². The first-order valence-electron chi connectivity index (χ1n) is 5.94. The second-order valence-corrected chi connectivity index (χ2v) is 3.95. The Labute approximate surface area is 138 Å². The Morgan fingerprint density at radius 2 is 2.32 bits per heavy atom. The Kier molecular flexibility index (Phi) is 8.06. The van der Waals surface area contributed by atoms with Gasteiger partial charge in [0.15, 0.2) is 0 Å². The number of pyridine rings is 1. The number of hydrogen-bond donors (Lipinski definition) is 1. The molecule has 2 heterocycles. The average molecular weight is 335 g/mol. The van der Waals surface area contributed by atoms with Crippen LogP contribution in [-0.2, 0) is 42.2 Å². The number of anilines is 1. The van der Waals surface area contributed by atoms with E-state index in [2.05, 4.69) is 21.3 Å². The molecule has 1 radical (unpaired) electrons. The van der Waals surface area contributed by atoms with Gasteiger partial charge in [0.05, 0.1) is 13.2 Å². The molecule has 2 rings (SSSR count). The molecule has 1 aliphatic heterocycles. The summed E-state index contributed by atoms with van der Waals surface area (Å²) in [6.07, 6.45) is 4.91. The number of morpholine rings is 1. The van der Waals surface area contributed by atoms with E-state index < -0.39 is 0 Å². The molecular weight excluding hydrogens is 319 g/mol. The summed E-state index contributed by atoms with van der Waals surface area (Å²) in [4.78, 5) is 17.8. The monoisotopic (exact) mass is 335 g/mol. The van der Waals surface area contributed by atoms with Crippen LogP contribution in [0.4, 0.5) is 5.82 Å². The molecule has 0 saturated carbocycles. The number of nitrogens with zero attached hydrogens (tertiary/aromatic N) is 2. The molecule has 0 aromatic carbocycles. The first-order valence-corrected chi connectivity index (χ1v) is 5.94. The summed E-state index contributed by atoms with van der Waals surface area (Å²) in [7, 11) is 0. The van der Waals surface area contributed by atoms with Crippen LogP contribution < -0.4 is 5.32 Å². The minimum absolute atomic E-state index is 0. The minimum atomic E-state index is -0.165. The van der Waals surface area contributed by atoms with Crippen molar-refractivity contribution in [1.29, 1.82) is 0 Å². The first kappa shape index (κ1) is 16.4. The number of carbonyl (C=O) groups excluding carboxylic acids is 1. The molecule has 1 saturated heterocycles. The van der Waals surface area contributed by atoms with Crippen molar-refractivity contribution < 1.29 is 42.2 Å². The van der Waals surface area contributed by atoms with Crippen molar-refractivity contribution in [3.8, 4) is 0 Å². The normalized spacial score (nSPS) is 16.0. The van der Waals surface area contributed by atoms with Crippen LogP contribution in [0.2, 0.25) is 0 Å². The third-order valence-electron chi connectivity index (χ3n) is 2.60. The molecule has 0 bridgehead atoms. The van der Waals surface area contributed by atoms with Gasteiger partial charge < -0.3 is 10.1 Å². The fourth-order valence-electron chi connectivity index (χ4n) is 1.65. The van der Waals surface area contributed by atoms with E-state index in [0.717, 1.165) is 32.8 Å². The molecule has 1 fully saturated rings. The molecule has 0 atom stereocenters. The van der Waals surface area contributed by atoms with Gasteiger partial charge in [-0.2, -0.15) is 6.07 Å². The summed E-state index contributed by atoms with van der Waals surface area (Å²) in [6.45, 7) is 4.14. The van der Waals surface area contributed by atoms with Crippen LogP contribution in [0.25, 0.3) is 0 Å². The minimum Gasteiger partial charge on any atom is -0.379 e. The van der Waals surface area contributed by atoms with Gasteiger partial charge in [-0.1, -0.05) is 12.3 Å². The molecule has 1 aromatic rings. The first-order chi connectivity index (χ1) is 8.84. The van der Waals surface area contributed by atoms with E-state index in [1.54, 1.807) is 12.1 Å². The predicted molar refractivity (Wildman–Crippen MR) is 68.1 cm³/mol. The fraction of sp³-hybridized carbons (Fsp3) is 0.385. The SMILES string of the molecule is O=C(/C=C/CN1CCOCC1)Nc1cc[c-]cn1.[Y]. The van der Waals surface area contributed by atoms with Gasteiger partial charge in [-0.25, -0.2) is 12.1 Å². The Hall–Kier alpha value is -0.616. The van der Waals surface area contributed by atoms with Crippen molar-refractivity contribution in [1.82, 2.24) is 9.88 Å². The molecule has 5 nitrogen and oxygen atoms in total. The molecule has 1 amide bonds. The van der Waals surface area contributed by atoms with E-state index in [9.17, 15) is 4.79 Å². The van der Waals surface area contributed by atoms with E-state index in [-0.39, 0.29) is 38.6 Å². The number of nitrogens with one attached hydrogen (secondary N) is 1. The van der Waals surface area contributed by atoms with E-state index in [1.807, 2.05) is 6.08 Å². The largest absolute Gasteiger partial charge is 0.379 e. The van der Waals surface area contributed by atoms with Gasteiger partial charge in [0.2, 0.25) is 5.91 Å². The van der Waals surface area contributed by atoms with Crippen molar-refractivity contribution in [3.63, 3.8) is 0 Å². The molecule has 99 valence electrons. The quantitative estimate of drug-likeness (QED) is 0.650. The molecule has 6 heteroatoms. The number of hydrogen-bond acceptors (Lipinski definition) is 4. The zero-order valence-electron chi connectivity index (χ0n) is 10.7. The van der Waals surface area contributed by atoms with Gasteiger partial charge in [-0.3, -0.25) is 14.7 Å². The van der Waals surface area contributed by atoms with Gasteiger partial charge in [-0.15, -0.1) is 0 Å². The van der Waals surface area contributed by atoms with Gasteiger partial charge >= 0.3 is 0 Å². The second kappa shape index (κ2) is 9.31. The van der Waals surface area contributed by atoms with E-state index in [1.165, 1.54) is 12.3 Å². The molecule has 0 spiro atoms. The van der Waals surface area contributed by atoms with Crippen LogP contribution in [0.5, 0.6) is 0 Å². The standard InChI is InChI=1S/C13H16N3O2.Y/c17-13(15-12-4-1-2-6-14-12)5-3-7-16-8-10-18-11-9-16;/h1,3-6H,7-11H2,(H,14,15,17);/q-1;/b5-3+;. The van der Waals surface area contributed by atoms with Crippen molar-refractivity contribution in [2.24, 2.45) is 0 Å². The van der Waals surface area contributed by atoms with Crippen LogP contribution in [0.1, 0.15) is 0 Å². The van der Waals surface area contributed by atoms with Crippen molar-refractivity contribution >= 4 is 11.7 Å². The van der Waals surface area contributed by atoms with Gasteiger partial charge in [-0.05, 0) is 0 Å². The smallest absolute Gasteiger partial charge is 0.248 e. The molecule has 0 unspecified atom stereocenters. The van der Waals surface area contributed by atoms with E-state index >= 15 is 0 Å². The topological polar surface area (TPSA) is 54.5 Å². The number of aromatic nitrogens is 1.